The summed E-state index contributed by atoms with van der Waals surface area (Å²) in [5.74, 6) is -0.440. The summed E-state index contributed by atoms with van der Waals surface area (Å²) in [6.07, 6.45) is 52.6. The Hall–Kier alpha value is -1.36. The highest BCUT2D eigenvalue weighted by atomic mass is 16.6. The summed E-state index contributed by atoms with van der Waals surface area (Å²) in [6.45, 7) is 8.90. The number of carbonyl (C=O) groups excluding carboxylic acids is 2. The lowest BCUT2D eigenvalue weighted by atomic mass is 10.0. The molecular weight excluding hydrogens is 681 g/mol. The number of ether oxygens (including phenoxy) is 3. The molecule has 0 radical (unpaired) electrons. The van der Waals surface area contributed by atoms with Gasteiger partial charge >= 0.3 is 11.9 Å². The third kappa shape index (κ3) is 45.2. The molecule has 0 aromatic carbocycles. The topological polar surface area (TPSA) is 61.8 Å². The molecule has 0 amide bonds. The molecule has 5 nitrogen and oxygen atoms in total. The van der Waals surface area contributed by atoms with Crippen LogP contribution in [-0.2, 0) is 23.8 Å². The number of hydrogen-bond donors (Lipinski definition) is 0. The summed E-state index contributed by atoms with van der Waals surface area (Å²) in [5, 5.41) is 0. The third-order valence-electron chi connectivity index (χ3n) is 11.2. The molecule has 0 heterocycles. The summed E-state index contributed by atoms with van der Waals surface area (Å²) < 4.78 is 16.7. The number of unbranched alkanes of at least 4 members (excludes halogenated alkanes) is 36. The first kappa shape index (κ1) is 53.6. The second-order valence-electron chi connectivity index (χ2n) is 16.8. The van der Waals surface area contributed by atoms with Gasteiger partial charge in [0.1, 0.15) is 6.61 Å². The van der Waals surface area contributed by atoms with Gasteiger partial charge in [-0.25, -0.2) is 0 Å². The molecule has 0 saturated heterocycles. The maximum Gasteiger partial charge on any atom is 0.306 e. The van der Waals surface area contributed by atoms with Gasteiger partial charge in [0.15, 0.2) is 6.10 Å². The summed E-state index contributed by atoms with van der Waals surface area (Å²) >= 11 is 0. The van der Waals surface area contributed by atoms with Gasteiger partial charge in [0.25, 0.3) is 0 Å². The van der Waals surface area contributed by atoms with E-state index in [1.165, 1.54) is 218 Å². The average Bonchev–Trinajstić information content (AvgIpc) is 3.18. The summed E-state index contributed by atoms with van der Waals surface area (Å²) in [7, 11) is 0. The predicted octanol–water partition coefficient (Wildman–Crippen LogP) is 16.3. The van der Waals surface area contributed by atoms with Crippen LogP contribution in [-0.4, -0.2) is 37.9 Å². The maximum absolute atomic E-state index is 12.5. The van der Waals surface area contributed by atoms with Crippen LogP contribution in [0.3, 0.4) is 0 Å². The highest BCUT2D eigenvalue weighted by Crippen LogP contribution is 2.17. The normalized spacial score (nSPS) is 11.9. The second kappa shape index (κ2) is 47.0. The van der Waals surface area contributed by atoms with Gasteiger partial charge in [0.2, 0.25) is 0 Å². The van der Waals surface area contributed by atoms with Gasteiger partial charge in [-0.1, -0.05) is 251 Å². The summed E-state index contributed by atoms with van der Waals surface area (Å²) in [6, 6.07) is 0. The van der Waals surface area contributed by atoms with Crippen molar-refractivity contribution in [3.8, 4) is 0 Å². The molecule has 326 valence electrons. The lowest BCUT2D eigenvalue weighted by Gasteiger charge is -2.18. The van der Waals surface area contributed by atoms with Crippen LogP contribution in [0.15, 0.2) is 12.7 Å². The Labute approximate surface area is 344 Å². The van der Waals surface area contributed by atoms with Gasteiger partial charge in [-0.05, 0) is 12.8 Å². The van der Waals surface area contributed by atoms with Crippen molar-refractivity contribution in [1.29, 1.82) is 0 Å². The monoisotopic (exact) mass is 777 g/mol. The predicted molar refractivity (Wildman–Crippen MR) is 238 cm³/mol. The van der Waals surface area contributed by atoms with Crippen molar-refractivity contribution in [1.82, 2.24) is 0 Å². The van der Waals surface area contributed by atoms with Gasteiger partial charge in [-0.15, -0.1) is 6.58 Å². The molecule has 0 saturated carbocycles. The van der Waals surface area contributed by atoms with Crippen molar-refractivity contribution < 1.29 is 23.8 Å². The number of rotatable bonds is 47. The fraction of sp³-hybridized carbons (Fsp3) is 0.920. The third-order valence-corrected chi connectivity index (χ3v) is 11.2. The molecule has 0 aromatic rings. The van der Waals surface area contributed by atoms with Crippen molar-refractivity contribution in [3.05, 3.63) is 12.7 Å². The van der Waals surface area contributed by atoms with Crippen molar-refractivity contribution in [2.45, 2.75) is 277 Å². The Balaban J connectivity index is 3.69. The molecule has 1 unspecified atom stereocenters. The molecule has 0 aliphatic carbocycles. The minimum absolute atomic E-state index is 0.0556. The standard InChI is InChI=1S/C50H96O5/c1-4-7-9-11-13-15-17-19-21-23-25-27-29-31-33-35-37-39-41-43-49(51)54-47-48(46-53-45-6-3)55-50(52)44-42-40-38-36-34-32-30-28-26-24-22-20-18-16-14-12-10-8-5-2/h6,48H,3-5,7-47H2,1-2H3. The molecule has 55 heavy (non-hydrogen) atoms. The van der Waals surface area contributed by atoms with E-state index < -0.39 is 6.10 Å². The van der Waals surface area contributed by atoms with Crippen molar-refractivity contribution in [2.24, 2.45) is 0 Å². The van der Waals surface area contributed by atoms with E-state index in [0.717, 1.165) is 25.7 Å². The van der Waals surface area contributed by atoms with E-state index >= 15 is 0 Å². The summed E-state index contributed by atoms with van der Waals surface area (Å²) in [5.41, 5.74) is 0. The average molecular weight is 777 g/mol. The lowest BCUT2D eigenvalue weighted by Crippen LogP contribution is -2.29. The zero-order chi connectivity index (χ0) is 40.0. The minimum Gasteiger partial charge on any atom is -0.462 e. The van der Waals surface area contributed by atoms with E-state index in [4.69, 9.17) is 14.2 Å². The van der Waals surface area contributed by atoms with E-state index in [-0.39, 0.29) is 25.2 Å². The van der Waals surface area contributed by atoms with Crippen molar-refractivity contribution >= 4 is 11.9 Å². The number of hydrogen-bond acceptors (Lipinski definition) is 5. The van der Waals surface area contributed by atoms with Crippen LogP contribution in [0.1, 0.15) is 271 Å². The molecule has 0 N–H and O–H groups in total. The van der Waals surface area contributed by atoms with Crippen LogP contribution in [0.5, 0.6) is 0 Å². The first-order valence-corrected chi connectivity index (χ1v) is 24.7. The van der Waals surface area contributed by atoms with E-state index in [1.54, 1.807) is 6.08 Å². The smallest absolute Gasteiger partial charge is 0.306 e. The first-order chi connectivity index (χ1) is 27.1. The van der Waals surface area contributed by atoms with Crippen LogP contribution in [0, 0.1) is 0 Å². The molecular formula is C50H96O5. The fourth-order valence-electron chi connectivity index (χ4n) is 7.60. The molecule has 0 aliphatic rings. The molecule has 0 rings (SSSR count). The summed E-state index contributed by atoms with van der Waals surface area (Å²) in [4.78, 5) is 24.9. The van der Waals surface area contributed by atoms with Crippen LogP contribution in [0.2, 0.25) is 0 Å². The largest absolute Gasteiger partial charge is 0.462 e. The van der Waals surface area contributed by atoms with Gasteiger partial charge in [0.05, 0.1) is 13.2 Å². The molecule has 0 bridgehead atoms. The SMILES string of the molecule is C=CCOCC(COC(=O)CCCCCCCCCCCCCCCCCCCCC)OC(=O)CCCCCCCCCCCCCCCCCCCCC. The van der Waals surface area contributed by atoms with Gasteiger partial charge in [-0.3, -0.25) is 9.59 Å². The Morgan fingerprint density at radius 3 is 0.964 bits per heavy atom. The Bertz CT molecular complexity index is 782. The zero-order valence-corrected chi connectivity index (χ0v) is 37.3. The molecule has 5 heteroatoms. The minimum atomic E-state index is -0.568. The maximum atomic E-state index is 12.5. The highest BCUT2D eigenvalue weighted by molar-refractivity contribution is 5.70. The molecule has 1 atom stereocenters. The van der Waals surface area contributed by atoms with E-state index in [1.807, 2.05) is 0 Å². The first-order valence-electron chi connectivity index (χ1n) is 24.7. The molecule has 0 fully saturated rings. The van der Waals surface area contributed by atoms with Crippen molar-refractivity contribution in [2.75, 3.05) is 19.8 Å². The van der Waals surface area contributed by atoms with E-state index in [2.05, 4.69) is 20.4 Å². The highest BCUT2D eigenvalue weighted by Gasteiger charge is 2.17. The van der Waals surface area contributed by atoms with Crippen molar-refractivity contribution in [3.63, 3.8) is 0 Å². The lowest BCUT2D eigenvalue weighted by molar-refractivity contribution is -0.162. The Morgan fingerprint density at radius 1 is 0.400 bits per heavy atom. The second-order valence-corrected chi connectivity index (χ2v) is 16.8. The Morgan fingerprint density at radius 2 is 0.673 bits per heavy atom. The van der Waals surface area contributed by atoms with Gasteiger partial charge < -0.3 is 14.2 Å². The Kier molecular flexibility index (Phi) is 45.9. The number of carbonyl (C=O) groups is 2. The fourth-order valence-corrected chi connectivity index (χ4v) is 7.60. The van der Waals surface area contributed by atoms with E-state index in [9.17, 15) is 9.59 Å². The van der Waals surface area contributed by atoms with Crippen LogP contribution < -0.4 is 0 Å². The zero-order valence-electron chi connectivity index (χ0n) is 37.3. The molecule has 0 spiro atoms. The quantitative estimate of drug-likeness (QED) is 0.0350. The van der Waals surface area contributed by atoms with Gasteiger partial charge in [0, 0.05) is 12.8 Å². The number of esters is 2. The molecule has 0 aromatic heterocycles. The van der Waals surface area contributed by atoms with E-state index in [0.29, 0.717) is 19.4 Å². The van der Waals surface area contributed by atoms with Crippen LogP contribution >= 0.6 is 0 Å². The molecule has 0 aliphatic heterocycles. The van der Waals surface area contributed by atoms with Crippen LogP contribution in [0.25, 0.3) is 0 Å². The van der Waals surface area contributed by atoms with Crippen LogP contribution in [0.4, 0.5) is 0 Å². The van der Waals surface area contributed by atoms with Gasteiger partial charge in [-0.2, -0.15) is 0 Å².